The SMILES string of the molecule is CCCNC(=O)c1ccc(CN2CCCC2)c(N)c1. The van der Waals surface area contributed by atoms with Crippen LogP contribution >= 0.6 is 0 Å². The maximum atomic E-state index is 11.8. The summed E-state index contributed by atoms with van der Waals surface area (Å²) in [6.45, 7) is 5.93. The molecule has 1 aliphatic rings. The van der Waals surface area contributed by atoms with Crippen molar-refractivity contribution in [3.63, 3.8) is 0 Å². The standard InChI is InChI=1S/C15H23N3O/c1-2-7-17-15(19)12-5-6-13(14(16)10-12)11-18-8-3-4-9-18/h5-6,10H,2-4,7-9,11,16H2,1H3,(H,17,19). The Kier molecular flexibility index (Phi) is 4.80. The van der Waals surface area contributed by atoms with Crippen LogP contribution in [0.3, 0.4) is 0 Å². The Hall–Kier alpha value is -1.55. The molecule has 1 aliphatic heterocycles. The monoisotopic (exact) mass is 261 g/mol. The number of nitrogens with two attached hydrogens (primary N) is 1. The molecule has 0 saturated carbocycles. The Balaban J connectivity index is 2.01. The second kappa shape index (κ2) is 6.57. The van der Waals surface area contributed by atoms with Crippen LogP contribution in [0.15, 0.2) is 18.2 Å². The van der Waals surface area contributed by atoms with Crippen LogP contribution < -0.4 is 11.1 Å². The van der Waals surface area contributed by atoms with Crippen LogP contribution in [0.5, 0.6) is 0 Å². The molecule has 1 heterocycles. The van der Waals surface area contributed by atoms with E-state index in [9.17, 15) is 4.79 Å². The van der Waals surface area contributed by atoms with Gasteiger partial charge in [-0.05, 0) is 50.0 Å². The van der Waals surface area contributed by atoms with E-state index in [-0.39, 0.29) is 5.91 Å². The van der Waals surface area contributed by atoms with Crippen molar-refractivity contribution in [1.29, 1.82) is 0 Å². The lowest BCUT2D eigenvalue weighted by atomic mass is 10.1. The molecular formula is C15H23N3O. The van der Waals surface area contributed by atoms with Crippen molar-refractivity contribution >= 4 is 11.6 Å². The lowest BCUT2D eigenvalue weighted by Crippen LogP contribution is -2.24. The van der Waals surface area contributed by atoms with Gasteiger partial charge in [0.15, 0.2) is 0 Å². The minimum absolute atomic E-state index is 0.0405. The van der Waals surface area contributed by atoms with Crippen LogP contribution in [0, 0.1) is 0 Å². The highest BCUT2D eigenvalue weighted by molar-refractivity contribution is 5.95. The van der Waals surface area contributed by atoms with Crippen LogP contribution in [0.4, 0.5) is 5.69 Å². The Morgan fingerprint density at radius 1 is 1.37 bits per heavy atom. The number of nitrogen functional groups attached to an aromatic ring is 1. The van der Waals surface area contributed by atoms with Crippen LogP contribution in [0.2, 0.25) is 0 Å². The third kappa shape index (κ3) is 3.70. The van der Waals surface area contributed by atoms with E-state index in [1.54, 1.807) is 6.07 Å². The first-order valence-corrected chi connectivity index (χ1v) is 7.09. The predicted molar refractivity (Wildman–Crippen MR) is 78.0 cm³/mol. The molecule has 1 aromatic rings. The van der Waals surface area contributed by atoms with Crippen molar-refractivity contribution in [1.82, 2.24) is 10.2 Å². The van der Waals surface area contributed by atoms with Gasteiger partial charge in [0.25, 0.3) is 5.91 Å². The van der Waals surface area contributed by atoms with Gasteiger partial charge in [0.05, 0.1) is 0 Å². The van der Waals surface area contributed by atoms with Gasteiger partial charge < -0.3 is 11.1 Å². The molecule has 0 unspecified atom stereocenters. The molecule has 1 aromatic carbocycles. The summed E-state index contributed by atoms with van der Waals surface area (Å²) in [6, 6.07) is 5.64. The number of hydrogen-bond acceptors (Lipinski definition) is 3. The first kappa shape index (κ1) is 13.9. The molecule has 3 N–H and O–H groups in total. The second-order valence-corrected chi connectivity index (χ2v) is 5.15. The van der Waals surface area contributed by atoms with Crippen LogP contribution in [0.25, 0.3) is 0 Å². The number of nitrogens with one attached hydrogen (secondary N) is 1. The Labute approximate surface area is 115 Å². The van der Waals surface area contributed by atoms with E-state index in [4.69, 9.17) is 5.73 Å². The highest BCUT2D eigenvalue weighted by Crippen LogP contribution is 2.19. The molecular weight excluding hydrogens is 238 g/mol. The summed E-state index contributed by atoms with van der Waals surface area (Å²) in [6.07, 6.45) is 3.49. The van der Waals surface area contributed by atoms with Gasteiger partial charge in [-0.15, -0.1) is 0 Å². The molecule has 1 amide bonds. The molecule has 0 radical (unpaired) electrons. The summed E-state index contributed by atoms with van der Waals surface area (Å²) in [4.78, 5) is 14.2. The molecule has 4 heteroatoms. The Morgan fingerprint density at radius 3 is 2.74 bits per heavy atom. The fourth-order valence-electron chi connectivity index (χ4n) is 2.40. The smallest absolute Gasteiger partial charge is 0.251 e. The quantitative estimate of drug-likeness (QED) is 0.797. The molecule has 0 aromatic heterocycles. The maximum Gasteiger partial charge on any atom is 0.251 e. The van der Waals surface area contributed by atoms with Gasteiger partial charge in [-0.1, -0.05) is 13.0 Å². The highest BCUT2D eigenvalue weighted by Gasteiger charge is 2.14. The first-order chi connectivity index (χ1) is 9.20. The van der Waals surface area contributed by atoms with Crippen molar-refractivity contribution in [3.05, 3.63) is 29.3 Å². The maximum absolute atomic E-state index is 11.8. The fourth-order valence-corrected chi connectivity index (χ4v) is 2.40. The third-order valence-electron chi connectivity index (χ3n) is 3.54. The zero-order valence-electron chi connectivity index (χ0n) is 11.6. The van der Waals surface area contributed by atoms with Crippen LogP contribution in [0.1, 0.15) is 42.1 Å². The van der Waals surface area contributed by atoms with E-state index >= 15 is 0 Å². The molecule has 4 nitrogen and oxygen atoms in total. The van der Waals surface area contributed by atoms with Gasteiger partial charge in [0.2, 0.25) is 0 Å². The van der Waals surface area contributed by atoms with Crippen molar-refractivity contribution in [3.8, 4) is 0 Å². The largest absolute Gasteiger partial charge is 0.398 e. The molecule has 1 saturated heterocycles. The molecule has 0 atom stereocenters. The number of carbonyl (C=O) groups is 1. The third-order valence-corrected chi connectivity index (χ3v) is 3.54. The van der Waals surface area contributed by atoms with E-state index in [0.29, 0.717) is 12.1 Å². The van der Waals surface area contributed by atoms with E-state index in [1.165, 1.54) is 12.8 Å². The molecule has 1 fully saturated rings. The lowest BCUT2D eigenvalue weighted by Gasteiger charge is -2.16. The fraction of sp³-hybridized carbons (Fsp3) is 0.533. The van der Waals surface area contributed by atoms with Crippen molar-refractivity contribution in [2.75, 3.05) is 25.4 Å². The normalized spacial score (nSPS) is 15.6. The minimum atomic E-state index is -0.0405. The Bertz CT molecular complexity index is 439. The summed E-state index contributed by atoms with van der Waals surface area (Å²) in [5, 5.41) is 2.86. The van der Waals surface area contributed by atoms with Gasteiger partial charge in [-0.3, -0.25) is 9.69 Å². The van der Waals surface area contributed by atoms with Crippen LogP contribution in [-0.4, -0.2) is 30.4 Å². The van der Waals surface area contributed by atoms with Gasteiger partial charge >= 0.3 is 0 Å². The van der Waals surface area contributed by atoms with Crippen LogP contribution in [-0.2, 0) is 6.54 Å². The summed E-state index contributed by atoms with van der Waals surface area (Å²) >= 11 is 0. The van der Waals surface area contributed by atoms with E-state index in [2.05, 4.69) is 10.2 Å². The summed E-state index contributed by atoms with van der Waals surface area (Å²) in [5.41, 5.74) is 8.55. The number of nitrogens with zero attached hydrogens (tertiary/aromatic N) is 1. The zero-order valence-corrected chi connectivity index (χ0v) is 11.6. The molecule has 104 valence electrons. The lowest BCUT2D eigenvalue weighted by molar-refractivity contribution is 0.0953. The molecule has 0 aliphatic carbocycles. The van der Waals surface area contributed by atoms with Crippen molar-refractivity contribution in [2.45, 2.75) is 32.7 Å². The molecule has 2 rings (SSSR count). The van der Waals surface area contributed by atoms with Crippen molar-refractivity contribution in [2.24, 2.45) is 0 Å². The van der Waals surface area contributed by atoms with Gasteiger partial charge in [-0.25, -0.2) is 0 Å². The van der Waals surface area contributed by atoms with E-state index < -0.39 is 0 Å². The second-order valence-electron chi connectivity index (χ2n) is 5.15. The topological polar surface area (TPSA) is 58.4 Å². The number of carbonyl (C=O) groups excluding carboxylic acids is 1. The number of likely N-dealkylation sites (tertiary alicyclic amines) is 1. The minimum Gasteiger partial charge on any atom is -0.398 e. The molecule has 0 spiro atoms. The molecule has 0 bridgehead atoms. The number of anilines is 1. The zero-order chi connectivity index (χ0) is 13.7. The number of hydrogen-bond donors (Lipinski definition) is 2. The van der Waals surface area contributed by atoms with Crippen molar-refractivity contribution < 1.29 is 4.79 Å². The number of amides is 1. The van der Waals surface area contributed by atoms with E-state index in [1.807, 2.05) is 19.1 Å². The number of benzene rings is 1. The molecule has 19 heavy (non-hydrogen) atoms. The summed E-state index contributed by atoms with van der Waals surface area (Å²) in [5.74, 6) is -0.0405. The average Bonchev–Trinajstić information content (AvgIpc) is 2.91. The van der Waals surface area contributed by atoms with E-state index in [0.717, 1.165) is 37.3 Å². The van der Waals surface area contributed by atoms with Gasteiger partial charge in [-0.2, -0.15) is 0 Å². The summed E-state index contributed by atoms with van der Waals surface area (Å²) < 4.78 is 0. The van der Waals surface area contributed by atoms with Gasteiger partial charge in [0.1, 0.15) is 0 Å². The van der Waals surface area contributed by atoms with Gasteiger partial charge in [0, 0.05) is 24.3 Å². The summed E-state index contributed by atoms with van der Waals surface area (Å²) in [7, 11) is 0. The highest BCUT2D eigenvalue weighted by atomic mass is 16.1. The average molecular weight is 261 g/mol. The number of rotatable bonds is 5. The predicted octanol–water partition coefficient (Wildman–Crippen LogP) is 2.00. The first-order valence-electron chi connectivity index (χ1n) is 7.09. The Morgan fingerprint density at radius 2 is 2.11 bits per heavy atom.